The molecule has 1 saturated heterocycles. The van der Waals surface area contributed by atoms with E-state index in [-0.39, 0.29) is 6.04 Å². The topological polar surface area (TPSA) is 50.9 Å². The summed E-state index contributed by atoms with van der Waals surface area (Å²) in [6, 6.07) is 10.6. The summed E-state index contributed by atoms with van der Waals surface area (Å²) < 4.78 is 0. The fourth-order valence-electron chi connectivity index (χ4n) is 2.78. The van der Waals surface area contributed by atoms with Gasteiger partial charge in [0.05, 0.1) is 11.6 Å². The number of hydrazine groups is 1. The van der Waals surface area contributed by atoms with Crippen LogP contribution in [0.1, 0.15) is 25.5 Å². The van der Waals surface area contributed by atoms with Gasteiger partial charge in [0, 0.05) is 33.1 Å². The number of thioether (sulfide) groups is 2. The maximum Gasteiger partial charge on any atom is 0.0705 e. The van der Waals surface area contributed by atoms with Crippen LogP contribution in [0, 0.1) is 0 Å². The van der Waals surface area contributed by atoms with Crippen molar-refractivity contribution in [2.45, 2.75) is 35.6 Å². The highest BCUT2D eigenvalue weighted by atomic mass is 32.2. The van der Waals surface area contributed by atoms with E-state index in [1.54, 1.807) is 0 Å². The number of hydrogen-bond donors (Lipinski definition) is 2. The third kappa shape index (κ3) is 3.06. The summed E-state index contributed by atoms with van der Waals surface area (Å²) in [6.45, 7) is 4.62. The van der Waals surface area contributed by atoms with E-state index in [0.29, 0.717) is 15.7 Å². The van der Waals surface area contributed by atoms with Gasteiger partial charge in [-0.05, 0) is 17.7 Å². The van der Waals surface area contributed by atoms with E-state index in [1.807, 2.05) is 35.8 Å². The summed E-state index contributed by atoms with van der Waals surface area (Å²) in [5, 5.41) is 3.04. The predicted octanol–water partition coefficient (Wildman–Crippen LogP) is 3.36. The Morgan fingerprint density at radius 3 is 2.86 bits per heavy atom. The van der Waals surface area contributed by atoms with Crippen molar-refractivity contribution in [2.24, 2.45) is 5.84 Å². The zero-order valence-corrected chi connectivity index (χ0v) is 14.0. The minimum Gasteiger partial charge on any atom is -0.271 e. The molecular weight excluding hydrogens is 298 g/mol. The van der Waals surface area contributed by atoms with Crippen LogP contribution in [0.4, 0.5) is 0 Å². The van der Waals surface area contributed by atoms with Crippen molar-refractivity contribution in [3.8, 4) is 0 Å². The first-order valence-electron chi connectivity index (χ1n) is 7.27. The van der Waals surface area contributed by atoms with Gasteiger partial charge >= 0.3 is 0 Å². The Bertz CT molecular complexity index is 614. The second-order valence-electron chi connectivity index (χ2n) is 5.48. The van der Waals surface area contributed by atoms with Crippen molar-refractivity contribution in [2.75, 3.05) is 5.75 Å². The van der Waals surface area contributed by atoms with Crippen LogP contribution in [0.3, 0.4) is 0 Å². The Balaban J connectivity index is 1.95. The first kappa shape index (κ1) is 15.2. The molecule has 0 saturated carbocycles. The summed E-state index contributed by atoms with van der Waals surface area (Å²) in [5.74, 6) is 7.04. The summed E-state index contributed by atoms with van der Waals surface area (Å²) in [7, 11) is 0. The molecule has 0 amide bonds. The molecule has 3 N–H and O–H groups in total. The molecule has 112 valence electrons. The highest BCUT2D eigenvalue weighted by Gasteiger charge is 2.32. The lowest BCUT2D eigenvalue weighted by Crippen LogP contribution is -2.40. The van der Waals surface area contributed by atoms with Gasteiger partial charge in [-0.15, -0.1) is 0 Å². The van der Waals surface area contributed by atoms with Crippen molar-refractivity contribution in [1.29, 1.82) is 0 Å². The van der Waals surface area contributed by atoms with Gasteiger partial charge < -0.3 is 0 Å². The van der Waals surface area contributed by atoms with Crippen LogP contribution in [-0.2, 0) is 0 Å². The van der Waals surface area contributed by atoms with E-state index in [0.717, 1.165) is 11.3 Å². The monoisotopic (exact) mass is 319 g/mol. The zero-order valence-electron chi connectivity index (χ0n) is 12.3. The summed E-state index contributed by atoms with van der Waals surface area (Å²) in [4.78, 5) is 4.45. The van der Waals surface area contributed by atoms with Crippen molar-refractivity contribution in [1.82, 2.24) is 10.4 Å². The van der Waals surface area contributed by atoms with Gasteiger partial charge in [0.1, 0.15) is 0 Å². The van der Waals surface area contributed by atoms with Crippen LogP contribution >= 0.6 is 23.5 Å². The molecule has 5 heteroatoms. The normalized spacial score (nSPS) is 27.7. The SMILES string of the molecule is CC1SCC(C(NN)c2cccc3ncccc23)SC1C. The molecular formula is C16H21N3S2. The number of fused-ring (bicyclic) bond motifs is 1. The maximum atomic E-state index is 5.91. The second kappa shape index (κ2) is 6.57. The van der Waals surface area contributed by atoms with Crippen molar-refractivity contribution >= 4 is 34.4 Å². The minimum atomic E-state index is 0.158. The summed E-state index contributed by atoms with van der Waals surface area (Å²) in [5.41, 5.74) is 5.34. The largest absolute Gasteiger partial charge is 0.271 e. The van der Waals surface area contributed by atoms with Crippen molar-refractivity contribution in [3.63, 3.8) is 0 Å². The van der Waals surface area contributed by atoms with Gasteiger partial charge in [-0.3, -0.25) is 16.3 Å². The van der Waals surface area contributed by atoms with E-state index < -0.39 is 0 Å². The van der Waals surface area contributed by atoms with Crippen LogP contribution in [0.2, 0.25) is 0 Å². The molecule has 0 radical (unpaired) electrons. The van der Waals surface area contributed by atoms with E-state index in [9.17, 15) is 0 Å². The number of benzene rings is 1. The number of rotatable bonds is 3. The van der Waals surface area contributed by atoms with Gasteiger partial charge in [0.25, 0.3) is 0 Å². The average molecular weight is 319 g/mol. The highest BCUT2D eigenvalue weighted by Crippen LogP contribution is 2.41. The van der Waals surface area contributed by atoms with Gasteiger partial charge in [0.2, 0.25) is 0 Å². The second-order valence-corrected chi connectivity index (χ2v) is 8.51. The number of nitrogens with one attached hydrogen (secondary N) is 1. The number of aromatic nitrogens is 1. The molecule has 21 heavy (non-hydrogen) atoms. The van der Waals surface area contributed by atoms with E-state index in [1.165, 1.54) is 10.9 Å². The summed E-state index contributed by atoms with van der Waals surface area (Å²) in [6.07, 6.45) is 1.84. The van der Waals surface area contributed by atoms with Crippen LogP contribution in [-0.4, -0.2) is 26.5 Å². The molecule has 1 aromatic heterocycles. The Kier molecular flexibility index (Phi) is 4.74. The van der Waals surface area contributed by atoms with E-state index >= 15 is 0 Å². The molecule has 0 aliphatic carbocycles. The fourth-order valence-corrected chi connectivity index (χ4v) is 5.87. The molecule has 1 aliphatic heterocycles. The lowest BCUT2D eigenvalue weighted by molar-refractivity contribution is 0.553. The van der Waals surface area contributed by atoms with Crippen LogP contribution < -0.4 is 11.3 Å². The van der Waals surface area contributed by atoms with E-state index in [4.69, 9.17) is 5.84 Å². The number of hydrogen-bond acceptors (Lipinski definition) is 5. The molecule has 3 rings (SSSR count). The number of pyridine rings is 1. The number of nitrogens with two attached hydrogens (primary N) is 1. The molecule has 1 aromatic carbocycles. The molecule has 0 bridgehead atoms. The highest BCUT2D eigenvalue weighted by molar-refractivity contribution is 8.07. The minimum absolute atomic E-state index is 0.158. The summed E-state index contributed by atoms with van der Waals surface area (Å²) >= 11 is 4.09. The molecule has 0 spiro atoms. The van der Waals surface area contributed by atoms with Crippen LogP contribution in [0.25, 0.3) is 10.9 Å². The molecule has 1 aliphatic rings. The smallest absolute Gasteiger partial charge is 0.0705 e. The average Bonchev–Trinajstić information content (AvgIpc) is 2.52. The quantitative estimate of drug-likeness (QED) is 0.671. The van der Waals surface area contributed by atoms with E-state index in [2.05, 4.69) is 48.5 Å². The van der Waals surface area contributed by atoms with Crippen molar-refractivity contribution < 1.29 is 0 Å². The molecule has 1 fully saturated rings. The Morgan fingerprint density at radius 1 is 1.24 bits per heavy atom. The van der Waals surface area contributed by atoms with Crippen molar-refractivity contribution in [3.05, 3.63) is 42.1 Å². The third-order valence-corrected chi connectivity index (χ3v) is 7.63. The zero-order chi connectivity index (χ0) is 14.8. The number of nitrogens with zero attached hydrogens (tertiary/aromatic N) is 1. The molecule has 2 aromatic rings. The lowest BCUT2D eigenvalue weighted by atomic mass is 9.99. The Morgan fingerprint density at radius 2 is 2.10 bits per heavy atom. The lowest BCUT2D eigenvalue weighted by Gasteiger charge is -2.36. The molecule has 3 nitrogen and oxygen atoms in total. The molecule has 4 unspecified atom stereocenters. The third-order valence-electron chi connectivity index (χ3n) is 4.14. The van der Waals surface area contributed by atoms with Gasteiger partial charge in [0.15, 0.2) is 0 Å². The van der Waals surface area contributed by atoms with Gasteiger partial charge in [-0.1, -0.05) is 32.0 Å². The molecule has 2 heterocycles. The Labute approximate surface area is 134 Å². The standard InChI is InChI=1S/C16H21N3S2/c1-10-11(2)21-15(9-20-10)16(19-17)13-5-3-7-14-12(13)6-4-8-18-14/h3-8,10-11,15-16,19H,9,17H2,1-2H3. The maximum absolute atomic E-state index is 5.91. The first-order valence-corrected chi connectivity index (χ1v) is 9.26. The Hall–Kier alpha value is -0.750. The van der Waals surface area contributed by atoms with Crippen LogP contribution in [0.15, 0.2) is 36.5 Å². The molecule has 4 atom stereocenters. The van der Waals surface area contributed by atoms with Gasteiger partial charge in [-0.25, -0.2) is 0 Å². The first-order chi connectivity index (χ1) is 10.2. The van der Waals surface area contributed by atoms with Gasteiger partial charge in [-0.2, -0.15) is 23.5 Å². The fraction of sp³-hybridized carbons (Fsp3) is 0.438. The van der Waals surface area contributed by atoms with Crippen LogP contribution in [0.5, 0.6) is 0 Å². The predicted molar refractivity (Wildman–Crippen MR) is 94.6 cm³/mol.